The van der Waals surface area contributed by atoms with Crippen molar-refractivity contribution in [2.45, 2.75) is 63.6 Å². The number of fused-ring (bicyclic) bond motifs is 1. The summed E-state index contributed by atoms with van der Waals surface area (Å²) in [6.45, 7) is 1.63. The number of aliphatic carboxylic acids is 1. The van der Waals surface area contributed by atoms with Crippen LogP contribution in [0.5, 0.6) is 0 Å². The highest BCUT2D eigenvalue weighted by molar-refractivity contribution is 5.76. The number of aromatic nitrogens is 3. The number of carboxylic acids is 1. The molecule has 204 valence electrons. The molecule has 0 saturated heterocycles. The highest BCUT2D eigenvalue weighted by Crippen LogP contribution is 2.26. The van der Waals surface area contributed by atoms with Gasteiger partial charge in [0.1, 0.15) is 17.7 Å². The van der Waals surface area contributed by atoms with E-state index >= 15 is 0 Å². The maximum absolute atomic E-state index is 12.9. The molecule has 0 radical (unpaired) electrons. The Morgan fingerprint density at radius 3 is 2.62 bits per heavy atom. The van der Waals surface area contributed by atoms with E-state index in [1.807, 2.05) is 6.07 Å². The van der Waals surface area contributed by atoms with Crippen LogP contribution in [0.25, 0.3) is 0 Å². The zero-order valence-corrected chi connectivity index (χ0v) is 20.3. The Kier molecular flexibility index (Phi) is 10.4. The molecule has 8 nitrogen and oxygen atoms in total. The first kappa shape index (κ1) is 28.5. The van der Waals surface area contributed by atoms with Gasteiger partial charge in [-0.15, -0.1) is 0 Å². The Labute approximate surface area is 211 Å². The lowest BCUT2D eigenvalue weighted by Crippen LogP contribution is -2.36. The number of alkyl halides is 5. The van der Waals surface area contributed by atoms with Crippen LogP contribution in [0.3, 0.4) is 0 Å². The summed E-state index contributed by atoms with van der Waals surface area (Å²) in [5, 5.41) is 15.3. The molecule has 1 aliphatic rings. The van der Waals surface area contributed by atoms with Crippen molar-refractivity contribution in [3.63, 3.8) is 0 Å². The van der Waals surface area contributed by atoms with Crippen LogP contribution in [-0.2, 0) is 23.8 Å². The van der Waals surface area contributed by atoms with Crippen LogP contribution >= 0.6 is 0 Å². The summed E-state index contributed by atoms with van der Waals surface area (Å²) in [7, 11) is 0. The minimum Gasteiger partial charge on any atom is -0.480 e. The second-order valence-corrected chi connectivity index (χ2v) is 8.91. The van der Waals surface area contributed by atoms with E-state index in [4.69, 9.17) is 0 Å². The summed E-state index contributed by atoms with van der Waals surface area (Å²) in [6.07, 6.45) is -2.47. The number of aryl methyl sites for hydroxylation is 2. The summed E-state index contributed by atoms with van der Waals surface area (Å²) in [5.41, 5.74) is 2.15. The van der Waals surface area contributed by atoms with E-state index in [0.29, 0.717) is 13.0 Å². The van der Waals surface area contributed by atoms with Crippen LogP contribution in [0.1, 0.15) is 49.2 Å². The Bertz CT molecular complexity index is 1020. The fraction of sp³-hybridized carbons (Fsp3) is 0.583. The summed E-state index contributed by atoms with van der Waals surface area (Å²) in [5.74, 6) is -2.03. The van der Waals surface area contributed by atoms with E-state index in [-0.39, 0.29) is 31.7 Å². The van der Waals surface area contributed by atoms with Crippen molar-refractivity contribution in [3.8, 4) is 0 Å². The molecule has 0 amide bonds. The van der Waals surface area contributed by atoms with Gasteiger partial charge in [-0.1, -0.05) is 6.07 Å². The van der Waals surface area contributed by atoms with Gasteiger partial charge in [0, 0.05) is 37.9 Å². The van der Waals surface area contributed by atoms with Crippen molar-refractivity contribution >= 4 is 17.6 Å². The summed E-state index contributed by atoms with van der Waals surface area (Å²) in [6, 6.07) is 3.97. The zero-order valence-electron chi connectivity index (χ0n) is 20.3. The van der Waals surface area contributed by atoms with Gasteiger partial charge in [-0.3, -0.25) is 0 Å². The second-order valence-electron chi connectivity index (χ2n) is 8.91. The lowest BCUT2D eigenvalue weighted by molar-refractivity contribution is -0.144. The SMILES string of the molecule is O=C(O)C(CCN(CCCCc1ccc2c(n1)NCCC2)CCC(F)F)Nc1ccnc(C(F)(F)F)n1. The van der Waals surface area contributed by atoms with Crippen molar-refractivity contribution in [2.24, 2.45) is 0 Å². The van der Waals surface area contributed by atoms with Gasteiger partial charge in [-0.2, -0.15) is 13.2 Å². The molecule has 0 aromatic carbocycles. The highest BCUT2D eigenvalue weighted by atomic mass is 19.4. The number of nitrogens with one attached hydrogen (secondary N) is 2. The lowest BCUT2D eigenvalue weighted by Gasteiger charge is -2.24. The largest absolute Gasteiger partial charge is 0.480 e. The predicted octanol–water partition coefficient (Wildman–Crippen LogP) is 4.48. The predicted molar refractivity (Wildman–Crippen MR) is 128 cm³/mol. The van der Waals surface area contributed by atoms with Gasteiger partial charge >= 0.3 is 12.1 Å². The quantitative estimate of drug-likeness (QED) is 0.243. The summed E-state index contributed by atoms with van der Waals surface area (Å²) in [4.78, 5) is 24.6. The van der Waals surface area contributed by atoms with Crippen molar-refractivity contribution in [1.29, 1.82) is 0 Å². The van der Waals surface area contributed by atoms with Gasteiger partial charge in [0.15, 0.2) is 0 Å². The average Bonchev–Trinajstić information content (AvgIpc) is 2.86. The third kappa shape index (κ3) is 9.38. The number of rotatable bonds is 14. The molecule has 1 atom stereocenters. The van der Waals surface area contributed by atoms with Gasteiger partial charge in [-0.05, 0) is 62.8 Å². The van der Waals surface area contributed by atoms with Crippen molar-refractivity contribution in [1.82, 2.24) is 19.9 Å². The topological polar surface area (TPSA) is 103 Å². The van der Waals surface area contributed by atoms with Crippen LogP contribution in [0.2, 0.25) is 0 Å². The van der Waals surface area contributed by atoms with E-state index in [0.717, 1.165) is 56.0 Å². The van der Waals surface area contributed by atoms with Gasteiger partial charge in [0.2, 0.25) is 12.2 Å². The Balaban J connectivity index is 1.52. The Morgan fingerprint density at radius 2 is 1.89 bits per heavy atom. The van der Waals surface area contributed by atoms with Crippen molar-refractivity contribution in [2.75, 3.05) is 36.8 Å². The van der Waals surface area contributed by atoms with Crippen LogP contribution in [0, 0.1) is 0 Å². The maximum Gasteiger partial charge on any atom is 0.451 e. The normalized spacial score (nSPS) is 14.4. The first-order valence-electron chi connectivity index (χ1n) is 12.2. The third-order valence-electron chi connectivity index (χ3n) is 6.04. The number of nitrogens with zero attached hydrogens (tertiary/aromatic N) is 4. The number of carboxylic acid groups (broad SMARTS) is 1. The van der Waals surface area contributed by atoms with E-state index in [2.05, 4.69) is 31.7 Å². The van der Waals surface area contributed by atoms with E-state index in [1.165, 1.54) is 5.56 Å². The van der Waals surface area contributed by atoms with Crippen molar-refractivity contribution in [3.05, 3.63) is 41.5 Å². The summed E-state index contributed by atoms with van der Waals surface area (Å²) < 4.78 is 64.2. The average molecular weight is 531 g/mol. The van der Waals surface area contributed by atoms with E-state index < -0.39 is 30.4 Å². The number of halogens is 5. The molecule has 3 rings (SSSR count). The fourth-order valence-corrected chi connectivity index (χ4v) is 4.09. The molecule has 3 heterocycles. The Hall–Kier alpha value is -3.09. The molecule has 3 N–H and O–H groups in total. The van der Waals surface area contributed by atoms with Crippen LogP contribution < -0.4 is 10.6 Å². The van der Waals surface area contributed by atoms with Gasteiger partial charge in [-0.25, -0.2) is 28.5 Å². The van der Waals surface area contributed by atoms with E-state index in [9.17, 15) is 31.9 Å². The molecule has 2 aromatic heterocycles. The number of pyridine rings is 1. The molecule has 13 heteroatoms. The van der Waals surface area contributed by atoms with Gasteiger partial charge in [0.25, 0.3) is 0 Å². The number of hydrogen-bond donors (Lipinski definition) is 3. The Morgan fingerprint density at radius 1 is 1.11 bits per heavy atom. The first-order valence-corrected chi connectivity index (χ1v) is 12.2. The molecule has 1 unspecified atom stereocenters. The molecular formula is C24H31F5N6O2. The molecule has 0 spiro atoms. The van der Waals surface area contributed by atoms with Crippen LogP contribution in [0.4, 0.5) is 33.6 Å². The van der Waals surface area contributed by atoms with Crippen LogP contribution in [0.15, 0.2) is 24.4 Å². The maximum atomic E-state index is 12.9. The van der Waals surface area contributed by atoms with Gasteiger partial charge in [0.05, 0.1) is 0 Å². The standard InChI is InChI=1S/C24H31F5N6O2/c25-19(26)10-15-35(13-2-1-5-17-7-6-16-4-3-11-30-21(16)32-17)14-9-18(22(36)37)33-20-8-12-31-23(34-20)24(27,28)29/h6-8,12,18-19H,1-5,9-11,13-15H2,(H,30,32)(H,36,37)(H,31,33,34). The molecule has 2 aromatic rings. The highest BCUT2D eigenvalue weighted by Gasteiger charge is 2.35. The lowest BCUT2D eigenvalue weighted by atomic mass is 10.1. The first-order chi connectivity index (χ1) is 17.6. The minimum atomic E-state index is -4.77. The fourth-order valence-electron chi connectivity index (χ4n) is 4.09. The van der Waals surface area contributed by atoms with Gasteiger partial charge < -0.3 is 20.6 Å². The molecule has 0 aliphatic carbocycles. The molecule has 0 bridgehead atoms. The summed E-state index contributed by atoms with van der Waals surface area (Å²) >= 11 is 0. The van der Waals surface area contributed by atoms with Crippen molar-refractivity contribution < 1.29 is 31.9 Å². The van der Waals surface area contributed by atoms with E-state index in [1.54, 1.807) is 4.90 Å². The zero-order chi connectivity index (χ0) is 26.8. The minimum absolute atomic E-state index is 0.0119. The molecule has 0 saturated carbocycles. The molecule has 37 heavy (non-hydrogen) atoms. The smallest absolute Gasteiger partial charge is 0.451 e. The number of hydrogen-bond acceptors (Lipinski definition) is 7. The number of anilines is 2. The molecular weight excluding hydrogens is 499 g/mol. The van der Waals surface area contributed by atoms with Crippen LogP contribution in [-0.4, -0.2) is 69.6 Å². The number of carbonyl (C=O) groups is 1. The number of unbranched alkanes of at least 4 members (excludes halogenated alkanes) is 1. The third-order valence-corrected chi connectivity index (χ3v) is 6.04. The second kappa shape index (κ2) is 13.5. The molecule has 0 fully saturated rings. The monoisotopic (exact) mass is 530 g/mol. The molecule has 1 aliphatic heterocycles.